The number of benzene rings is 2. The number of aromatic nitrogens is 2. The molecule has 2 atom stereocenters. The van der Waals surface area contributed by atoms with Gasteiger partial charge >= 0.3 is 0 Å². The zero-order valence-electron chi connectivity index (χ0n) is 17.3. The van der Waals surface area contributed by atoms with Crippen molar-refractivity contribution < 1.29 is 4.79 Å². The Morgan fingerprint density at radius 1 is 1.23 bits per heavy atom. The van der Waals surface area contributed by atoms with Crippen molar-refractivity contribution in [1.29, 1.82) is 0 Å². The number of hydrogen-bond donors (Lipinski definition) is 1. The van der Waals surface area contributed by atoms with Gasteiger partial charge in [0.1, 0.15) is 0 Å². The first-order valence-corrected chi connectivity index (χ1v) is 11.4. The van der Waals surface area contributed by atoms with E-state index in [1.807, 2.05) is 27.9 Å². The Hall–Kier alpha value is -2.34. The number of carbonyl (C=O) groups is 1. The summed E-state index contributed by atoms with van der Waals surface area (Å²) in [6, 6.07) is 12.0. The number of nitrogens with one attached hydrogen (secondary N) is 1. The molecule has 0 aliphatic carbocycles. The first-order chi connectivity index (χ1) is 15.0. The van der Waals surface area contributed by atoms with Gasteiger partial charge in [-0.3, -0.25) is 9.48 Å². The molecule has 0 saturated carbocycles. The summed E-state index contributed by atoms with van der Waals surface area (Å²) < 4.78 is 2.01. The van der Waals surface area contributed by atoms with E-state index in [4.69, 9.17) is 23.2 Å². The topological polar surface area (TPSA) is 50.2 Å². The van der Waals surface area contributed by atoms with Gasteiger partial charge in [0.2, 0.25) is 5.91 Å². The molecule has 31 heavy (non-hydrogen) atoms. The van der Waals surface area contributed by atoms with Gasteiger partial charge in [-0.05, 0) is 61.2 Å². The first kappa shape index (κ1) is 20.6. The van der Waals surface area contributed by atoms with Crippen LogP contribution in [0.4, 0.5) is 0 Å². The average Bonchev–Trinajstić information content (AvgIpc) is 3.15. The molecule has 3 heterocycles. The lowest BCUT2D eigenvalue weighted by atomic mass is 9.97. The lowest BCUT2D eigenvalue weighted by Crippen LogP contribution is -2.55. The second-order valence-electron chi connectivity index (χ2n) is 8.26. The predicted molar refractivity (Wildman–Crippen MR) is 126 cm³/mol. The summed E-state index contributed by atoms with van der Waals surface area (Å²) in [7, 11) is 0. The highest BCUT2D eigenvalue weighted by Crippen LogP contribution is 2.32. The molecule has 0 radical (unpaired) electrons. The molecule has 1 fully saturated rings. The number of nitrogens with zero attached hydrogens (tertiary/aromatic N) is 3. The minimum Gasteiger partial charge on any atom is -0.337 e. The van der Waals surface area contributed by atoms with Crippen molar-refractivity contribution in [3.05, 3.63) is 69.8 Å². The molecular formula is C24H24Cl2N4O. The monoisotopic (exact) mass is 454 g/mol. The van der Waals surface area contributed by atoms with Crippen molar-refractivity contribution in [2.75, 3.05) is 19.6 Å². The van der Waals surface area contributed by atoms with Gasteiger partial charge < -0.3 is 10.2 Å². The highest BCUT2D eigenvalue weighted by molar-refractivity contribution is 6.35. The second-order valence-corrected chi connectivity index (χ2v) is 9.11. The number of halogens is 2. The zero-order chi connectivity index (χ0) is 21.5. The van der Waals surface area contributed by atoms with E-state index in [1.165, 1.54) is 11.1 Å². The van der Waals surface area contributed by atoms with Crippen LogP contribution in [-0.2, 0) is 4.79 Å². The van der Waals surface area contributed by atoms with Gasteiger partial charge in [0.25, 0.3) is 0 Å². The van der Waals surface area contributed by atoms with E-state index in [9.17, 15) is 4.79 Å². The van der Waals surface area contributed by atoms with Crippen LogP contribution >= 0.6 is 23.2 Å². The molecular weight excluding hydrogens is 431 g/mol. The minimum absolute atomic E-state index is 0.0156. The number of carbonyl (C=O) groups excluding carboxylic acids is 1. The lowest BCUT2D eigenvalue weighted by molar-refractivity contribution is -0.134. The summed E-state index contributed by atoms with van der Waals surface area (Å²) in [6.07, 6.45) is 5.88. The van der Waals surface area contributed by atoms with Crippen LogP contribution in [0.1, 0.15) is 36.9 Å². The fourth-order valence-corrected chi connectivity index (χ4v) is 4.94. The summed E-state index contributed by atoms with van der Waals surface area (Å²) in [4.78, 5) is 14.4. The van der Waals surface area contributed by atoms with Crippen LogP contribution in [0.3, 0.4) is 0 Å². The maximum absolute atomic E-state index is 12.5. The van der Waals surface area contributed by atoms with Crippen molar-refractivity contribution >= 4 is 45.6 Å². The van der Waals surface area contributed by atoms with E-state index in [2.05, 4.69) is 41.6 Å². The standard InChI is InChI=1S/C24H24Cl2N4O/c1-15(20-5-4-19(25)13-21(20)26)30-23-12-17(2-3-18(23)14-28-30)16-7-10-29(11-8-16)24(31)22-6-9-27-22/h2-5,7,12-15,22,27H,6,8-11H2,1H3. The molecule has 5 nitrogen and oxygen atoms in total. The van der Waals surface area contributed by atoms with Gasteiger partial charge in [-0.2, -0.15) is 5.10 Å². The van der Waals surface area contributed by atoms with E-state index in [-0.39, 0.29) is 18.0 Å². The molecule has 2 unspecified atom stereocenters. The van der Waals surface area contributed by atoms with E-state index < -0.39 is 0 Å². The van der Waals surface area contributed by atoms with Crippen LogP contribution in [-0.4, -0.2) is 46.3 Å². The number of rotatable bonds is 4. The third-order valence-electron chi connectivity index (χ3n) is 6.39. The Morgan fingerprint density at radius 2 is 2.06 bits per heavy atom. The van der Waals surface area contributed by atoms with Crippen molar-refractivity contribution in [3.63, 3.8) is 0 Å². The molecule has 0 bridgehead atoms. The third-order valence-corrected chi connectivity index (χ3v) is 6.95. The summed E-state index contributed by atoms with van der Waals surface area (Å²) in [5.74, 6) is 0.226. The summed E-state index contributed by atoms with van der Waals surface area (Å²) in [6.45, 7) is 4.46. The van der Waals surface area contributed by atoms with Crippen molar-refractivity contribution in [2.45, 2.75) is 31.8 Å². The summed E-state index contributed by atoms with van der Waals surface area (Å²) in [5.41, 5.74) is 4.50. The second kappa shape index (κ2) is 8.30. The van der Waals surface area contributed by atoms with Crippen LogP contribution in [0.15, 0.2) is 48.7 Å². The molecule has 7 heteroatoms. The van der Waals surface area contributed by atoms with Gasteiger partial charge in [0.15, 0.2) is 0 Å². The van der Waals surface area contributed by atoms with Crippen LogP contribution < -0.4 is 5.32 Å². The van der Waals surface area contributed by atoms with E-state index in [0.717, 1.165) is 42.4 Å². The molecule has 1 saturated heterocycles. The molecule has 5 rings (SSSR count). The lowest BCUT2D eigenvalue weighted by Gasteiger charge is -2.34. The van der Waals surface area contributed by atoms with Gasteiger partial charge in [-0.15, -0.1) is 0 Å². The summed E-state index contributed by atoms with van der Waals surface area (Å²) in [5, 5.41) is 10.2. The minimum atomic E-state index is -0.0269. The molecule has 1 aromatic heterocycles. The summed E-state index contributed by atoms with van der Waals surface area (Å²) >= 11 is 12.5. The van der Waals surface area contributed by atoms with Gasteiger partial charge in [0.05, 0.1) is 23.8 Å². The fourth-order valence-electron chi connectivity index (χ4n) is 4.37. The number of hydrogen-bond acceptors (Lipinski definition) is 3. The fraction of sp³-hybridized carbons (Fsp3) is 0.333. The van der Waals surface area contributed by atoms with Crippen LogP contribution in [0, 0.1) is 0 Å². The highest BCUT2D eigenvalue weighted by Gasteiger charge is 2.29. The Morgan fingerprint density at radius 3 is 2.74 bits per heavy atom. The maximum atomic E-state index is 12.5. The first-order valence-electron chi connectivity index (χ1n) is 10.6. The van der Waals surface area contributed by atoms with Crippen molar-refractivity contribution in [1.82, 2.24) is 20.0 Å². The Labute approximate surface area is 191 Å². The zero-order valence-corrected chi connectivity index (χ0v) is 18.8. The smallest absolute Gasteiger partial charge is 0.240 e. The molecule has 2 aliphatic rings. The quantitative estimate of drug-likeness (QED) is 0.607. The molecule has 2 aromatic carbocycles. The van der Waals surface area contributed by atoms with Gasteiger partial charge in [-0.25, -0.2) is 0 Å². The number of amides is 1. The SMILES string of the molecule is CC(c1ccc(Cl)cc1Cl)n1ncc2ccc(C3=CCN(C(=O)C4CCN4)CC3)cc21. The van der Waals surface area contributed by atoms with Gasteiger partial charge in [0, 0.05) is 28.5 Å². The molecule has 2 aliphatic heterocycles. The Bertz CT molecular complexity index is 1180. The molecule has 3 aromatic rings. The molecule has 1 N–H and O–H groups in total. The largest absolute Gasteiger partial charge is 0.337 e. The number of fused-ring (bicyclic) bond motifs is 1. The van der Waals surface area contributed by atoms with Gasteiger partial charge in [-0.1, -0.05) is 47.5 Å². The Balaban J connectivity index is 1.41. The van der Waals surface area contributed by atoms with Crippen LogP contribution in [0.5, 0.6) is 0 Å². The van der Waals surface area contributed by atoms with Crippen molar-refractivity contribution in [2.24, 2.45) is 0 Å². The van der Waals surface area contributed by atoms with Crippen LogP contribution in [0.2, 0.25) is 10.0 Å². The highest BCUT2D eigenvalue weighted by atomic mass is 35.5. The molecule has 1 amide bonds. The molecule has 0 spiro atoms. The molecule has 160 valence electrons. The Kier molecular flexibility index (Phi) is 5.51. The predicted octanol–water partition coefficient (Wildman–Crippen LogP) is 4.93. The average molecular weight is 455 g/mol. The third kappa shape index (κ3) is 3.86. The normalized spacial score (nSPS) is 19.8. The maximum Gasteiger partial charge on any atom is 0.240 e. The van der Waals surface area contributed by atoms with E-state index in [0.29, 0.717) is 16.6 Å². The van der Waals surface area contributed by atoms with Crippen molar-refractivity contribution in [3.8, 4) is 0 Å². The van der Waals surface area contributed by atoms with E-state index >= 15 is 0 Å². The van der Waals surface area contributed by atoms with Crippen LogP contribution in [0.25, 0.3) is 16.5 Å². The van der Waals surface area contributed by atoms with E-state index in [1.54, 1.807) is 6.07 Å².